The average molecular weight is 299 g/mol. The zero-order valence-corrected chi connectivity index (χ0v) is 12.4. The van der Waals surface area contributed by atoms with Gasteiger partial charge in [-0.1, -0.05) is 13.3 Å². The van der Waals surface area contributed by atoms with Gasteiger partial charge in [0.2, 0.25) is 0 Å². The molecule has 0 saturated heterocycles. The molecule has 110 valence electrons. The molecule has 1 heterocycles. The van der Waals surface area contributed by atoms with Crippen LogP contribution in [0.25, 0.3) is 0 Å². The summed E-state index contributed by atoms with van der Waals surface area (Å²) in [5, 5.41) is 5.54. The Morgan fingerprint density at radius 3 is 2.80 bits per heavy atom. The van der Waals surface area contributed by atoms with Crippen LogP contribution in [-0.2, 0) is 0 Å². The maximum absolute atomic E-state index is 11.7. The van der Waals surface area contributed by atoms with E-state index >= 15 is 0 Å². The molecule has 0 aliphatic carbocycles. The van der Waals surface area contributed by atoms with Gasteiger partial charge in [-0.05, 0) is 18.6 Å². The number of amides is 2. The smallest absolute Gasteiger partial charge is 0.319 e. The van der Waals surface area contributed by atoms with E-state index in [-0.39, 0.29) is 11.9 Å². The summed E-state index contributed by atoms with van der Waals surface area (Å²) in [4.78, 5) is 11.7. The van der Waals surface area contributed by atoms with Crippen molar-refractivity contribution in [3.05, 3.63) is 18.2 Å². The minimum absolute atomic E-state index is 0.224. The van der Waals surface area contributed by atoms with Crippen LogP contribution in [0.3, 0.4) is 0 Å². The van der Waals surface area contributed by atoms with Gasteiger partial charge in [0.25, 0.3) is 5.79 Å². The number of halogens is 1. The lowest BCUT2D eigenvalue weighted by Gasteiger charge is -2.19. The van der Waals surface area contributed by atoms with Gasteiger partial charge >= 0.3 is 6.03 Å². The second kappa shape index (κ2) is 6.22. The summed E-state index contributed by atoms with van der Waals surface area (Å²) in [5.41, 5.74) is 0.653. The van der Waals surface area contributed by atoms with Gasteiger partial charge < -0.3 is 20.1 Å². The number of urea groups is 1. The highest BCUT2D eigenvalue weighted by Crippen LogP contribution is 2.41. The molecule has 2 N–H and O–H groups in total. The molecule has 6 heteroatoms. The van der Waals surface area contributed by atoms with Crippen LogP contribution in [0, 0.1) is 0 Å². The Balaban J connectivity index is 1.96. The van der Waals surface area contributed by atoms with Gasteiger partial charge in [0.1, 0.15) is 0 Å². The molecule has 0 aromatic heterocycles. The number of rotatable bonds is 5. The predicted octanol–water partition coefficient (Wildman–Crippen LogP) is 3.33. The molecule has 1 aliphatic rings. The van der Waals surface area contributed by atoms with E-state index in [2.05, 4.69) is 17.6 Å². The summed E-state index contributed by atoms with van der Waals surface area (Å²) < 4.78 is 11.2. The van der Waals surface area contributed by atoms with Crippen LogP contribution in [0.2, 0.25) is 0 Å². The molecule has 0 fully saturated rings. The molecule has 2 rings (SSSR count). The van der Waals surface area contributed by atoms with Gasteiger partial charge in [0.05, 0.1) is 5.88 Å². The number of nitrogens with one attached hydrogen (secondary N) is 2. The number of anilines is 1. The Morgan fingerprint density at radius 2 is 2.10 bits per heavy atom. The Bertz CT molecular complexity index is 495. The standard InChI is InChI=1S/C14H19ClN2O3/c1-3-4-7-16-13(18)17-10-5-6-11-12(8-10)20-14(2,9-15)19-11/h5-6,8H,3-4,7,9H2,1-2H3,(H2,16,17,18). The summed E-state index contributed by atoms with van der Waals surface area (Å²) >= 11 is 5.80. The summed E-state index contributed by atoms with van der Waals surface area (Å²) in [6.45, 7) is 4.51. The second-order valence-electron chi connectivity index (χ2n) is 4.87. The fourth-order valence-electron chi connectivity index (χ4n) is 1.84. The lowest BCUT2D eigenvalue weighted by Crippen LogP contribution is -2.36. The number of carbonyl (C=O) groups is 1. The third kappa shape index (κ3) is 3.48. The summed E-state index contributed by atoms with van der Waals surface area (Å²) in [6, 6.07) is 5.03. The van der Waals surface area contributed by atoms with Gasteiger partial charge in [0, 0.05) is 25.2 Å². The van der Waals surface area contributed by atoms with Gasteiger partial charge in [-0.2, -0.15) is 0 Å². The Morgan fingerprint density at radius 1 is 1.35 bits per heavy atom. The first-order valence-electron chi connectivity index (χ1n) is 6.69. The topological polar surface area (TPSA) is 59.6 Å². The first kappa shape index (κ1) is 14.8. The first-order chi connectivity index (χ1) is 9.56. The summed E-state index contributed by atoms with van der Waals surface area (Å²) in [5.74, 6) is 0.595. The molecule has 5 nitrogen and oxygen atoms in total. The maximum Gasteiger partial charge on any atom is 0.319 e. The highest BCUT2D eigenvalue weighted by molar-refractivity contribution is 6.18. The molecular weight excluding hydrogens is 280 g/mol. The van der Waals surface area contributed by atoms with E-state index in [4.69, 9.17) is 21.1 Å². The van der Waals surface area contributed by atoms with Crippen molar-refractivity contribution in [3.8, 4) is 11.5 Å². The van der Waals surface area contributed by atoms with E-state index in [1.807, 2.05) is 0 Å². The number of carbonyl (C=O) groups excluding carboxylic acids is 1. The molecule has 1 atom stereocenters. The normalized spacial score (nSPS) is 19.8. The number of benzene rings is 1. The monoisotopic (exact) mass is 298 g/mol. The van der Waals surface area contributed by atoms with E-state index in [9.17, 15) is 4.79 Å². The molecule has 0 spiro atoms. The highest BCUT2D eigenvalue weighted by Gasteiger charge is 2.36. The molecular formula is C14H19ClN2O3. The minimum atomic E-state index is -0.841. The zero-order chi connectivity index (χ0) is 14.6. The van der Waals surface area contributed by atoms with E-state index in [1.54, 1.807) is 25.1 Å². The third-order valence-electron chi connectivity index (χ3n) is 2.91. The van der Waals surface area contributed by atoms with Crippen LogP contribution in [0.1, 0.15) is 26.7 Å². The van der Waals surface area contributed by atoms with Crippen LogP contribution in [0.5, 0.6) is 11.5 Å². The van der Waals surface area contributed by atoms with Crippen LogP contribution in [0.4, 0.5) is 10.5 Å². The van der Waals surface area contributed by atoms with Gasteiger partial charge in [-0.3, -0.25) is 0 Å². The minimum Gasteiger partial charge on any atom is -0.447 e. The van der Waals surface area contributed by atoms with Crippen molar-refractivity contribution in [1.82, 2.24) is 5.32 Å². The maximum atomic E-state index is 11.7. The largest absolute Gasteiger partial charge is 0.447 e. The van der Waals surface area contributed by atoms with Crippen molar-refractivity contribution in [2.75, 3.05) is 17.7 Å². The van der Waals surface area contributed by atoms with Crippen LogP contribution in [0.15, 0.2) is 18.2 Å². The molecule has 2 amide bonds. The SMILES string of the molecule is CCCCNC(=O)Nc1ccc2c(c1)OC(C)(CCl)O2. The molecule has 0 bridgehead atoms. The number of ether oxygens (including phenoxy) is 2. The van der Waals surface area contributed by atoms with Crippen molar-refractivity contribution in [2.45, 2.75) is 32.5 Å². The number of alkyl halides is 1. The van der Waals surface area contributed by atoms with E-state index in [0.29, 0.717) is 23.7 Å². The zero-order valence-electron chi connectivity index (χ0n) is 11.7. The fraction of sp³-hybridized carbons (Fsp3) is 0.500. The molecule has 1 aromatic carbocycles. The Labute approximate surface area is 123 Å². The number of unbranched alkanes of at least 4 members (excludes halogenated alkanes) is 1. The third-order valence-corrected chi connectivity index (χ3v) is 3.40. The molecule has 0 radical (unpaired) electrons. The van der Waals surface area contributed by atoms with Gasteiger partial charge in [-0.15, -0.1) is 11.6 Å². The number of hydrogen-bond acceptors (Lipinski definition) is 3. The molecule has 0 saturated carbocycles. The van der Waals surface area contributed by atoms with Crippen LogP contribution < -0.4 is 20.1 Å². The quantitative estimate of drug-likeness (QED) is 0.647. The van der Waals surface area contributed by atoms with Crippen molar-refractivity contribution >= 4 is 23.3 Å². The number of hydrogen-bond donors (Lipinski definition) is 2. The molecule has 1 aromatic rings. The van der Waals surface area contributed by atoms with Crippen molar-refractivity contribution in [2.24, 2.45) is 0 Å². The van der Waals surface area contributed by atoms with Crippen molar-refractivity contribution < 1.29 is 14.3 Å². The summed E-state index contributed by atoms with van der Waals surface area (Å²) in [6.07, 6.45) is 2.00. The second-order valence-corrected chi connectivity index (χ2v) is 5.13. The van der Waals surface area contributed by atoms with Gasteiger partial charge in [0.15, 0.2) is 11.5 Å². The van der Waals surface area contributed by atoms with E-state index in [1.165, 1.54) is 0 Å². The van der Waals surface area contributed by atoms with Crippen LogP contribution >= 0.6 is 11.6 Å². The van der Waals surface area contributed by atoms with E-state index < -0.39 is 5.79 Å². The van der Waals surface area contributed by atoms with Gasteiger partial charge in [-0.25, -0.2) is 4.79 Å². The fourth-order valence-corrected chi connectivity index (χ4v) is 1.95. The number of fused-ring (bicyclic) bond motifs is 1. The molecule has 1 aliphatic heterocycles. The highest BCUT2D eigenvalue weighted by atomic mass is 35.5. The average Bonchev–Trinajstić information content (AvgIpc) is 2.75. The first-order valence-corrected chi connectivity index (χ1v) is 7.22. The van der Waals surface area contributed by atoms with Crippen LogP contribution in [-0.4, -0.2) is 24.2 Å². The van der Waals surface area contributed by atoms with Crippen molar-refractivity contribution in [1.29, 1.82) is 0 Å². The van der Waals surface area contributed by atoms with Crippen molar-refractivity contribution in [3.63, 3.8) is 0 Å². The Kier molecular flexibility index (Phi) is 4.60. The molecule has 20 heavy (non-hydrogen) atoms. The van der Waals surface area contributed by atoms with E-state index in [0.717, 1.165) is 12.8 Å². The predicted molar refractivity (Wildman–Crippen MR) is 78.8 cm³/mol. The Hall–Kier alpha value is -1.62. The lowest BCUT2D eigenvalue weighted by atomic mass is 10.3. The lowest BCUT2D eigenvalue weighted by molar-refractivity contribution is -0.0396. The molecule has 1 unspecified atom stereocenters. The summed E-state index contributed by atoms with van der Waals surface area (Å²) in [7, 11) is 0.